The van der Waals surface area contributed by atoms with Crippen LogP contribution in [0, 0.1) is 6.92 Å². The topological polar surface area (TPSA) is 321 Å². The third-order valence-electron chi connectivity index (χ3n) is 25.7. The van der Waals surface area contributed by atoms with Crippen LogP contribution in [0.15, 0.2) is 259 Å². The summed E-state index contributed by atoms with van der Waals surface area (Å²) in [4.78, 5) is 119. The number of rotatable bonds is 22. The normalized spacial score (nSPS) is 13.5. The Morgan fingerprint density at radius 2 is 0.789 bits per heavy atom. The molecule has 1 saturated heterocycles. The number of nitrogens with zero attached hydrogens (tertiary/aromatic N) is 24. The number of amides is 3. The second-order valence-electron chi connectivity index (χ2n) is 37.1. The van der Waals surface area contributed by atoms with Gasteiger partial charge in [-0.05, 0) is 87.2 Å². The summed E-state index contributed by atoms with van der Waals surface area (Å²) in [7, 11) is 5.12. The summed E-state index contributed by atoms with van der Waals surface area (Å²) in [5.74, 6) is 4.79. The van der Waals surface area contributed by atoms with Gasteiger partial charge in [0.1, 0.15) is 34.9 Å². The number of aromatic nitrogens is 20. The largest absolute Gasteiger partial charge is 0.444 e. The van der Waals surface area contributed by atoms with E-state index >= 15 is 0 Å². The SMILES string of the molecule is CC(C)c1ccccc1-c1ncc2c(n1)N(Cc1ccc(-c3nc(C(C)(F)F)n(C)n3)cc1)C(=O)C2.CC(C)c1ccccc1-c1ncc2c(n1)N(Cc1ccc(-c3nc(N4CCOCC4)n(C)n3)cc1)C(=O)C2.CC(C)c1ccccc1-c1ncc2c(n1)N(Cc1ccc(-c3nccn4ccnc34)cc1)C(=O)C2.Cc1coc(-c2ccc(Cn3c(=O)n(C)c4cnc(-c5ccccc5C(C)C)nc43)cc2)n1. The third-order valence-corrected chi connectivity index (χ3v) is 25.7. The number of hydrogen-bond donors (Lipinski definition) is 0. The monoisotopic (exact) mass is 1900 g/mol. The summed E-state index contributed by atoms with van der Waals surface area (Å²) in [5, 5.41) is 8.75. The predicted molar refractivity (Wildman–Crippen MR) is 541 cm³/mol. The van der Waals surface area contributed by atoms with Gasteiger partial charge in [0.05, 0.1) is 70.5 Å². The fraction of sp³-hybridized carbons (Fsp3) is 0.264. The van der Waals surface area contributed by atoms with Crippen LogP contribution in [-0.4, -0.2) is 142 Å². The van der Waals surface area contributed by atoms with E-state index in [0.717, 1.165) is 131 Å². The Morgan fingerprint density at radius 3 is 1.20 bits per heavy atom. The molecule has 716 valence electrons. The molecule has 0 aliphatic carbocycles. The Hall–Kier alpha value is -16.5. The maximum absolute atomic E-state index is 13.7. The number of carbonyl (C=O) groups is 3. The molecule has 10 aromatic heterocycles. The van der Waals surface area contributed by atoms with Crippen LogP contribution in [-0.2, 0) is 91.6 Å². The highest BCUT2D eigenvalue weighted by atomic mass is 19.3. The molecule has 32 heteroatoms. The van der Waals surface area contributed by atoms with Gasteiger partial charge in [0.25, 0.3) is 0 Å². The van der Waals surface area contributed by atoms with Crippen LogP contribution in [0.3, 0.4) is 0 Å². The summed E-state index contributed by atoms with van der Waals surface area (Å²) in [6.07, 6.45) is 16.9. The lowest BCUT2D eigenvalue weighted by Gasteiger charge is -2.26. The second-order valence-corrected chi connectivity index (χ2v) is 37.1. The van der Waals surface area contributed by atoms with E-state index in [4.69, 9.17) is 34.1 Å². The van der Waals surface area contributed by atoms with Crippen LogP contribution < -0.4 is 25.3 Å². The number of halogens is 2. The second kappa shape index (κ2) is 40.1. The van der Waals surface area contributed by atoms with E-state index in [-0.39, 0.29) is 35.7 Å². The molecule has 1 fully saturated rings. The summed E-state index contributed by atoms with van der Waals surface area (Å²) in [6, 6.07) is 63.9. The van der Waals surface area contributed by atoms with Gasteiger partial charge in [-0.25, -0.2) is 69.0 Å². The molecule has 14 heterocycles. The van der Waals surface area contributed by atoms with Gasteiger partial charge in [-0.1, -0.05) is 237 Å². The van der Waals surface area contributed by atoms with Crippen LogP contribution in [0.5, 0.6) is 0 Å². The zero-order chi connectivity index (χ0) is 98.9. The van der Waals surface area contributed by atoms with Crippen molar-refractivity contribution in [2.75, 3.05) is 45.9 Å². The van der Waals surface area contributed by atoms with Gasteiger partial charge in [0.15, 0.2) is 52.1 Å². The van der Waals surface area contributed by atoms with Gasteiger partial charge in [-0.3, -0.25) is 43.2 Å². The van der Waals surface area contributed by atoms with E-state index in [1.54, 1.807) is 86.5 Å². The molecule has 0 saturated carbocycles. The highest BCUT2D eigenvalue weighted by Crippen LogP contribution is 2.40. The molecule has 30 nitrogen and oxygen atoms in total. The average Bonchev–Trinajstić information content (AvgIpc) is 1.62. The molecule has 4 aliphatic heterocycles. The predicted octanol–water partition coefficient (Wildman–Crippen LogP) is 19.3. The minimum absolute atomic E-state index is 0.0363. The molecule has 0 spiro atoms. The number of anilines is 4. The van der Waals surface area contributed by atoms with E-state index in [1.165, 1.54) is 23.7 Å². The van der Waals surface area contributed by atoms with Gasteiger partial charge in [-0.2, -0.15) is 18.9 Å². The van der Waals surface area contributed by atoms with Crippen LogP contribution in [0.1, 0.15) is 159 Å². The molecular formula is C110H106F2N24O6. The molecule has 8 aromatic carbocycles. The zero-order valence-corrected chi connectivity index (χ0v) is 81.2. The van der Waals surface area contributed by atoms with Gasteiger partial charge in [0.2, 0.25) is 29.6 Å². The molecular weight excluding hydrogens is 1790 g/mol. The molecule has 0 atom stereocenters. The molecule has 0 radical (unpaired) electrons. The van der Waals surface area contributed by atoms with Gasteiger partial charge >= 0.3 is 11.6 Å². The fourth-order valence-corrected chi connectivity index (χ4v) is 18.3. The van der Waals surface area contributed by atoms with Crippen molar-refractivity contribution in [1.82, 2.24) is 97.9 Å². The summed E-state index contributed by atoms with van der Waals surface area (Å²) in [6.45, 7) is 24.6. The Labute approximate surface area is 819 Å². The van der Waals surface area contributed by atoms with Gasteiger partial charge < -0.3 is 18.5 Å². The summed E-state index contributed by atoms with van der Waals surface area (Å²) >= 11 is 0. The number of fused-ring (bicyclic) bond motifs is 5. The molecule has 3 amide bonds. The van der Waals surface area contributed by atoms with Crippen LogP contribution in [0.4, 0.5) is 32.2 Å². The minimum atomic E-state index is -3.08. The molecule has 4 aliphatic rings. The highest BCUT2D eigenvalue weighted by molar-refractivity contribution is 6.02. The van der Waals surface area contributed by atoms with E-state index in [0.29, 0.717) is 145 Å². The summed E-state index contributed by atoms with van der Waals surface area (Å²) < 4.78 is 46.5. The van der Waals surface area contributed by atoms with Crippen molar-refractivity contribution < 1.29 is 32.3 Å². The van der Waals surface area contributed by atoms with Crippen LogP contribution in [0.25, 0.3) is 108 Å². The molecule has 0 unspecified atom stereocenters. The van der Waals surface area contributed by atoms with E-state index in [9.17, 15) is 28.0 Å². The lowest BCUT2D eigenvalue weighted by molar-refractivity contribution is -0.118. The summed E-state index contributed by atoms with van der Waals surface area (Å²) in [5.41, 5.74) is 22.2. The van der Waals surface area contributed by atoms with E-state index in [2.05, 4.69) is 135 Å². The van der Waals surface area contributed by atoms with Crippen molar-refractivity contribution >= 4 is 57.9 Å². The number of alkyl halides is 2. The van der Waals surface area contributed by atoms with Crippen molar-refractivity contribution in [2.24, 2.45) is 21.1 Å². The number of oxazole rings is 1. The van der Waals surface area contributed by atoms with E-state index < -0.39 is 11.7 Å². The van der Waals surface area contributed by atoms with Gasteiger partial charge in [0, 0.05) is 146 Å². The lowest BCUT2D eigenvalue weighted by Crippen LogP contribution is -2.37. The number of ether oxygens (including phenoxy) is 1. The first-order valence-electron chi connectivity index (χ1n) is 47.5. The smallest absolute Gasteiger partial charge is 0.330 e. The third kappa shape index (κ3) is 19.7. The average molecular weight is 1900 g/mol. The van der Waals surface area contributed by atoms with E-state index in [1.807, 2.05) is 193 Å². The molecule has 22 rings (SSSR count). The quantitative estimate of drug-likeness (QED) is 0.0608. The minimum Gasteiger partial charge on any atom is -0.444 e. The maximum Gasteiger partial charge on any atom is 0.330 e. The first-order chi connectivity index (χ1) is 68.6. The number of benzene rings is 8. The van der Waals surface area contributed by atoms with Crippen molar-refractivity contribution in [3.8, 4) is 91.0 Å². The maximum atomic E-state index is 13.7. The number of carbonyl (C=O) groups excluding carboxylic acids is 3. The molecule has 142 heavy (non-hydrogen) atoms. The molecule has 0 N–H and O–H groups in total. The van der Waals surface area contributed by atoms with Crippen molar-refractivity contribution in [2.45, 2.75) is 144 Å². The Morgan fingerprint density at radius 1 is 0.401 bits per heavy atom. The van der Waals surface area contributed by atoms with Crippen molar-refractivity contribution in [3.05, 3.63) is 333 Å². The standard InChI is InChI=1S/C29H31N7O2.C28H24N6O.C27H26F2N6O.C26H25N5O2/c1-19(2)23-6-4-5-7-24(23)27-30-17-22-16-25(37)36(28(22)31-27)18-20-8-10-21(11-9-20)26-32-29(34(3)33-26)35-12-14-38-15-13-35;1-18(2)22-5-3-4-6-23(22)26-31-16-21-15-24(35)34(27(21)32-26)17-19-7-9-20(10-8-19)25-28-30-12-14-33(28)13-11-29-25;1-16(2)20-7-5-6-8-21(20)24-30-14-19-13-22(36)35(25(19)31-24)15-17-9-11-18(12-10-17)23-32-26(27(3,28)29)34(4)33-23;1-16(2)20-7-5-6-8-21(20)23-27-13-22-24(29-23)31(26(32)30(22)4)14-18-9-11-19(12-10-18)25-28-17(3)15-33-25/h4-11,17,19H,12-16,18H2,1-3H3;3-14,16,18H,15,17H2,1-2H3;5-12,14,16H,13,15H2,1-4H3;5-13,15-16H,14H2,1-4H3. The number of imidazole rings is 2. The highest BCUT2D eigenvalue weighted by Gasteiger charge is 2.36. The Balaban J connectivity index is 0.000000120. The molecule has 0 bridgehead atoms. The zero-order valence-electron chi connectivity index (χ0n) is 81.2. The van der Waals surface area contributed by atoms with Crippen molar-refractivity contribution in [1.29, 1.82) is 0 Å². The Bertz CT molecular complexity index is 7800. The number of aryl methyl sites for hydroxylation is 4. The molecule has 18 aromatic rings. The first-order valence-corrected chi connectivity index (χ1v) is 47.5. The lowest BCUT2D eigenvalue weighted by atomic mass is 9.97. The van der Waals surface area contributed by atoms with Gasteiger partial charge in [-0.15, -0.1) is 5.10 Å². The van der Waals surface area contributed by atoms with Crippen LogP contribution in [0.2, 0.25) is 0 Å². The first kappa shape index (κ1) is 94.5. The Kier molecular flexibility index (Phi) is 26.7. The number of morpholine rings is 1. The fourth-order valence-electron chi connectivity index (χ4n) is 18.3. The van der Waals surface area contributed by atoms with Crippen molar-refractivity contribution in [3.63, 3.8) is 0 Å². The van der Waals surface area contributed by atoms with Crippen LogP contribution >= 0.6 is 0 Å². The number of hydrogen-bond acceptors (Lipinski definition) is 22.